The van der Waals surface area contributed by atoms with Crippen LogP contribution in [0.25, 0.3) is 0 Å². The summed E-state index contributed by atoms with van der Waals surface area (Å²) in [4.78, 5) is 0. The zero-order chi connectivity index (χ0) is 42.2. The van der Waals surface area contributed by atoms with Gasteiger partial charge in [0, 0.05) is 25.2 Å². The second kappa shape index (κ2) is 17.7. The van der Waals surface area contributed by atoms with Gasteiger partial charge in [-0.2, -0.15) is 0 Å². The SMILES string of the molecule is [B][C@@H]1O[C@@]2(COC(c3ccccc3)(c3ccc(OC)cc3)c3ccc(OC)cc3)COC1C2OCc1cn(C[C@]23COC(C2OP(OC)N(C(C)C)C(C)C)[C@H](C)O3)nn1. The van der Waals surface area contributed by atoms with Crippen LogP contribution < -0.4 is 9.47 Å². The van der Waals surface area contributed by atoms with Crippen molar-refractivity contribution in [2.75, 3.05) is 41.2 Å². The van der Waals surface area contributed by atoms with Gasteiger partial charge >= 0.3 is 0 Å². The van der Waals surface area contributed by atoms with E-state index in [0.717, 1.165) is 28.2 Å². The van der Waals surface area contributed by atoms with Gasteiger partial charge in [0.2, 0.25) is 0 Å². The Balaban J connectivity index is 1.02. The van der Waals surface area contributed by atoms with E-state index < -0.39 is 43.5 Å². The van der Waals surface area contributed by atoms with Crippen LogP contribution in [0.15, 0.2) is 85.1 Å². The van der Waals surface area contributed by atoms with Gasteiger partial charge in [-0.05, 0) is 75.6 Å². The molecule has 0 N–H and O–H groups in total. The number of fused-ring (bicyclic) bond motifs is 4. The number of ether oxygens (including phenoxy) is 8. The molecule has 4 bridgehead atoms. The van der Waals surface area contributed by atoms with E-state index in [1.54, 1.807) is 26.0 Å². The molecular weight excluding hydrogens is 786 g/mol. The Bertz CT molecular complexity index is 1970. The smallest absolute Gasteiger partial charge is 0.259 e. The van der Waals surface area contributed by atoms with Gasteiger partial charge in [0.15, 0.2) is 0 Å². The van der Waals surface area contributed by atoms with Crippen LogP contribution >= 0.6 is 8.53 Å². The fourth-order valence-electron chi connectivity index (χ4n) is 9.27. The molecule has 4 saturated heterocycles. The Labute approximate surface area is 355 Å². The molecule has 4 aliphatic rings. The van der Waals surface area contributed by atoms with Crippen molar-refractivity contribution in [3.63, 3.8) is 0 Å². The van der Waals surface area contributed by atoms with E-state index in [4.69, 9.17) is 54.8 Å². The number of rotatable bonds is 19. The molecule has 8 rings (SSSR count). The number of benzene rings is 3. The first kappa shape index (κ1) is 43.2. The predicted octanol–water partition coefficient (Wildman–Crippen LogP) is 5.79. The summed E-state index contributed by atoms with van der Waals surface area (Å²) in [5, 5.41) is 8.99. The molecule has 5 heterocycles. The third kappa shape index (κ3) is 7.91. The summed E-state index contributed by atoms with van der Waals surface area (Å²) in [6.07, 6.45) is 0.0520. The highest BCUT2D eigenvalue weighted by Crippen LogP contribution is 2.53. The van der Waals surface area contributed by atoms with Crippen molar-refractivity contribution in [2.45, 2.75) is 113 Å². The van der Waals surface area contributed by atoms with Gasteiger partial charge in [-0.3, -0.25) is 0 Å². The fraction of sp³-hybridized carbons (Fsp3) is 0.545. The molecular formula is C44H56BN4O10P. The molecule has 4 fully saturated rings. The van der Waals surface area contributed by atoms with Gasteiger partial charge in [-0.25, -0.2) is 9.35 Å². The van der Waals surface area contributed by atoms with Crippen LogP contribution in [0.1, 0.15) is 57.0 Å². The molecule has 4 aromatic rings. The van der Waals surface area contributed by atoms with Gasteiger partial charge in [-0.15, -0.1) is 5.10 Å². The van der Waals surface area contributed by atoms with Crippen molar-refractivity contribution in [3.8, 4) is 11.5 Å². The first-order valence-electron chi connectivity index (χ1n) is 20.6. The van der Waals surface area contributed by atoms with E-state index in [9.17, 15) is 0 Å². The lowest BCUT2D eigenvalue weighted by Gasteiger charge is -2.40. The molecule has 320 valence electrons. The minimum Gasteiger partial charge on any atom is -0.497 e. The first-order valence-corrected chi connectivity index (χ1v) is 21.7. The fourth-order valence-corrected chi connectivity index (χ4v) is 10.9. The summed E-state index contributed by atoms with van der Waals surface area (Å²) in [5.41, 5.74) is 0.468. The average Bonchev–Trinajstić information content (AvgIpc) is 4.05. The molecule has 1 aromatic heterocycles. The molecule has 0 amide bonds. The van der Waals surface area contributed by atoms with Crippen molar-refractivity contribution in [1.29, 1.82) is 0 Å². The third-order valence-corrected chi connectivity index (χ3v) is 14.0. The molecule has 60 heavy (non-hydrogen) atoms. The Morgan fingerprint density at radius 3 is 1.98 bits per heavy atom. The molecule has 5 unspecified atom stereocenters. The quantitative estimate of drug-likeness (QED) is 0.0644. The lowest BCUT2D eigenvalue weighted by molar-refractivity contribution is -0.169. The third-order valence-electron chi connectivity index (χ3n) is 12.0. The van der Waals surface area contributed by atoms with Crippen LogP contribution in [-0.4, -0.2) is 128 Å². The van der Waals surface area contributed by atoms with Crippen LogP contribution in [0.4, 0.5) is 0 Å². The molecule has 0 saturated carbocycles. The predicted molar refractivity (Wildman–Crippen MR) is 224 cm³/mol. The van der Waals surface area contributed by atoms with Crippen LogP contribution in [0, 0.1) is 0 Å². The summed E-state index contributed by atoms with van der Waals surface area (Å²) in [7, 11) is 10.2. The van der Waals surface area contributed by atoms with Crippen molar-refractivity contribution >= 4 is 16.4 Å². The largest absolute Gasteiger partial charge is 0.497 e. The maximum atomic E-state index is 7.27. The summed E-state index contributed by atoms with van der Waals surface area (Å²) in [6.45, 7) is 11.8. The van der Waals surface area contributed by atoms with E-state index in [-0.39, 0.29) is 50.2 Å². The van der Waals surface area contributed by atoms with Crippen molar-refractivity contribution in [1.82, 2.24) is 19.7 Å². The second-order valence-corrected chi connectivity index (χ2v) is 18.0. The zero-order valence-corrected chi connectivity index (χ0v) is 36.5. The molecule has 16 heteroatoms. The lowest BCUT2D eigenvalue weighted by Crippen LogP contribution is -2.49. The highest BCUT2D eigenvalue weighted by atomic mass is 31.2. The highest BCUT2D eigenvalue weighted by Gasteiger charge is 2.63. The molecule has 2 radical (unpaired) electrons. The summed E-state index contributed by atoms with van der Waals surface area (Å²) < 4.78 is 67.4. The molecule has 0 aliphatic carbocycles. The molecule has 14 nitrogen and oxygen atoms in total. The molecule has 3 aromatic carbocycles. The highest BCUT2D eigenvalue weighted by molar-refractivity contribution is 7.44. The van der Waals surface area contributed by atoms with E-state index in [2.05, 4.69) is 54.8 Å². The van der Waals surface area contributed by atoms with Crippen LogP contribution in [-0.2, 0) is 56.2 Å². The van der Waals surface area contributed by atoms with Crippen molar-refractivity contribution < 1.29 is 46.9 Å². The monoisotopic (exact) mass is 842 g/mol. The average molecular weight is 843 g/mol. The Hall–Kier alpha value is -3.47. The lowest BCUT2D eigenvalue weighted by atomic mass is 9.79. The van der Waals surface area contributed by atoms with Gasteiger partial charge in [-0.1, -0.05) is 59.8 Å². The minimum atomic E-state index is -1.37. The number of hydrogen-bond acceptors (Lipinski definition) is 13. The van der Waals surface area contributed by atoms with E-state index in [0.29, 0.717) is 18.8 Å². The standard InChI is InChI=1S/C44H56BN4O10P/c1-28(2)49(29(3)4)60(52-8)59-40-37-30(5)57-42(40,25-54-37)24-48-22-34(46-47-48)23-53-39-38-41(45)58-43(39,26-55-38)27-56-44(31-12-10-9-11-13-31,32-14-18-35(50-6)19-15-32)33-16-20-36(51-7)21-17-33/h9-22,28-30,37-41H,23-27H2,1-8H3/t30-,37?,38?,39?,40?,41+,42-,43+,60?/m0/s1. The van der Waals surface area contributed by atoms with E-state index in [1.165, 1.54) is 0 Å². The minimum absolute atomic E-state index is 0.0944. The summed E-state index contributed by atoms with van der Waals surface area (Å²) >= 11 is 0. The second-order valence-electron chi connectivity index (χ2n) is 16.5. The van der Waals surface area contributed by atoms with Gasteiger partial charge in [0.1, 0.15) is 66.3 Å². The van der Waals surface area contributed by atoms with Crippen LogP contribution in [0.2, 0.25) is 0 Å². The van der Waals surface area contributed by atoms with Crippen molar-refractivity contribution in [3.05, 3.63) is 107 Å². The topological polar surface area (TPSA) is 126 Å². The Morgan fingerprint density at radius 1 is 0.817 bits per heavy atom. The van der Waals surface area contributed by atoms with Crippen molar-refractivity contribution in [2.24, 2.45) is 0 Å². The maximum Gasteiger partial charge on any atom is 0.259 e. The summed E-state index contributed by atoms with van der Waals surface area (Å²) in [6, 6.07) is 25.7. The van der Waals surface area contributed by atoms with Gasteiger partial charge in [0.25, 0.3) is 8.53 Å². The Morgan fingerprint density at radius 2 is 1.42 bits per heavy atom. The number of hydrogen-bond donors (Lipinski definition) is 0. The first-order chi connectivity index (χ1) is 29.0. The Kier molecular flexibility index (Phi) is 12.8. The van der Waals surface area contributed by atoms with Crippen LogP contribution in [0.3, 0.4) is 0 Å². The molecule has 0 spiro atoms. The van der Waals surface area contributed by atoms with E-state index in [1.807, 2.05) is 79.9 Å². The zero-order valence-electron chi connectivity index (χ0n) is 35.6. The summed E-state index contributed by atoms with van der Waals surface area (Å²) in [5.74, 6) is 1.46. The number of aromatic nitrogens is 3. The molecule has 4 aliphatic heterocycles. The van der Waals surface area contributed by atoms with Gasteiger partial charge < -0.3 is 46.9 Å². The van der Waals surface area contributed by atoms with E-state index >= 15 is 0 Å². The molecule has 9 atom stereocenters. The van der Waals surface area contributed by atoms with Gasteiger partial charge in [0.05, 0.1) is 59.5 Å². The normalized spacial score (nSPS) is 29.0. The maximum absolute atomic E-state index is 7.27. The number of nitrogens with zero attached hydrogens (tertiary/aromatic N) is 4. The van der Waals surface area contributed by atoms with Crippen LogP contribution in [0.5, 0.6) is 11.5 Å². The number of methoxy groups -OCH3 is 2.